The third-order valence-electron chi connectivity index (χ3n) is 4.93. The van der Waals surface area contributed by atoms with E-state index in [2.05, 4.69) is 15.9 Å². The zero-order valence-corrected chi connectivity index (χ0v) is 19.7. The standard InChI is InChI=1S/C23H23BrClNO5/c1-14-11-17(12-15(2)21(14)25)30-9-3-5-20(27)31-10-4-8-26-22(28)18-7-6-16(24)13-19(18)23(26)29/h6-7,11-13H,3-5,8-10H2,1-2H3. The zero-order chi connectivity index (χ0) is 22.5. The quantitative estimate of drug-likeness (QED) is 0.267. The molecule has 0 atom stereocenters. The van der Waals surface area contributed by atoms with Crippen molar-refractivity contribution in [3.05, 3.63) is 62.1 Å². The third kappa shape index (κ3) is 5.66. The van der Waals surface area contributed by atoms with E-state index in [-0.39, 0.29) is 37.4 Å². The number of esters is 1. The van der Waals surface area contributed by atoms with Crippen molar-refractivity contribution in [1.29, 1.82) is 0 Å². The third-order valence-corrected chi connectivity index (χ3v) is 6.02. The van der Waals surface area contributed by atoms with E-state index in [0.29, 0.717) is 30.6 Å². The van der Waals surface area contributed by atoms with Gasteiger partial charge in [-0.25, -0.2) is 0 Å². The fourth-order valence-electron chi connectivity index (χ4n) is 3.34. The summed E-state index contributed by atoms with van der Waals surface area (Å²) >= 11 is 9.45. The van der Waals surface area contributed by atoms with E-state index in [4.69, 9.17) is 21.1 Å². The Morgan fingerprint density at radius 3 is 2.39 bits per heavy atom. The van der Waals surface area contributed by atoms with Crippen molar-refractivity contribution in [2.45, 2.75) is 33.1 Å². The van der Waals surface area contributed by atoms with Gasteiger partial charge in [-0.15, -0.1) is 0 Å². The summed E-state index contributed by atoms with van der Waals surface area (Å²) in [7, 11) is 0. The molecule has 2 amide bonds. The topological polar surface area (TPSA) is 72.9 Å². The van der Waals surface area contributed by atoms with Crippen LogP contribution in [0.5, 0.6) is 5.75 Å². The van der Waals surface area contributed by atoms with Gasteiger partial charge in [0.05, 0.1) is 24.3 Å². The van der Waals surface area contributed by atoms with Crippen LogP contribution >= 0.6 is 27.5 Å². The van der Waals surface area contributed by atoms with Crippen LogP contribution in [0.25, 0.3) is 0 Å². The maximum atomic E-state index is 12.4. The lowest BCUT2D eigenvalue weighted by atomic mass is 10.1. The van der Waals surface area contributed by atoms with Gasteiger partial charge in [-0.1, -0.05) is 27.5 Å². The van der Waals surface area contributed by atoms with Gasteiger partial charge in [-0.3, -0.25) is 19.3 Å². The first-order valence-electron chi connectivity index (χ1n) is 9.99. The van der Waals surface area contributed by atoms with Gasteiger partial charge >= 0.3 is 5.97 Å². The van der Waals surface area contributed by atoms with Gasteiger partial charge in [-0.2, -0.15) is 0 Å². The number of fused-ring (bicyclic) bond motifs is 1. The van der Waals surface area contributed by atoms with E-state index in [1.165, 1.54) is 4.90 Å². The predicted octanol–water partition coefficient (Wildman–Crippen LogP) is 5.11. The van der Waals surface area contributed by atoms with Crippen LogP contribution in [-0.2, 0) is 9.53 Å². The molecule has 8 heteroatoms. The summed E-state index contributed by atoms with van der Waals surface area (Å²) in [6, 6.07) is 8.74. The average Bonchev–Trinajstić information content (AvgIpc) is 2.96. The molecule has 2 aromatic carbocycles. The van der Waals surface area contributed by atoms with Gasteiger partial charge in [0.1, 0.15) is 5.75 Å². The zero-order valence-electron chi connectivity index (χ0n) is 17.4. The second-order valence-electron chi connectivity index (χ2n) is 7.35. The molecule has 0 aromatic heterocycles. The van der Waals surface area contributed by atoms with Crippen molar-refractivity contribution in [2.24, 2.45) is 0 Å². The van der Waals surface area contributed by atoms with E-state index in [0.717, 1.165) is 26.4 Å². The van der Waals surface area contributed by atoms with E-state index >= 15 is 0 Å². The number of nitrogens with zero attached hydrogens (tertiary/aromatic N) is 1. The van der Waals surface area contributed by atoms with Gasteiger partial charge in [0, 0.05) is 22.5 Å². The molecule has 0 N–H and O–H groups in total. The molecule has 1 aliphatic rings. The highest BCUT2D eigenvalue weighted by Crippen LogP contribution is 2.27. The maximum Gasteiger partial charge on any atom is 0.305 e. The van der Waals surface area contributed by atoms with Gasteiger partial charge < -0.3 is 9.47 Å². The van der Waals surface area contributed by atoms with Crippen LogP contribution in [0.3, 0.4) is 0 Å². The first kappa shape index (κ1) is 23.3. The van der Waals surface area contributed by atoms with E-state index in [9.17, 15) is 14.4 Å². The predicted molar refractivity (Wildman–Crippen MR) is 121 cm³/mol. The molecule has 0 saturated carbocycles. The minimum atomic E-state index is -0.335. The second-order valence-corrected chi connectivity index (χ2v) is 8.64. The first-order chi connectivity index (χ1) is 14.8. The number of carbonyl (C=O) groups excluding carboxylic acids is 3. The number of ether oxygens (including phenoxy) is 2. The van der Waals surface area contributed by atoms with Crippen LogP contribution in [0.4, 0.5) is 0 Å². The number of carbonyl (C=O) groups is 3. The molecule has 0 bridgehead atoms. The minimum Gasteiger partial charge on any atom is -0.494 e. The SMILES string of the molecule is Cc1cc(OCCCC(=O)OCCCN2C(=O)c3ccc(Br)cc3C2=O)cc(C)c1Cl. The molecule has 164 valence electrons. The van der Waals surface area contributed by atoms with Crippen LogP contribution in [0.15, 0.2) is 34.8 Å². The molecule has 2 aromatic rings. The Morgan fingerprint density at radius 1 is 1.00 bits per heavy atom. The summed E-state index contributed by atoms with van der Waals surface area (Å²) in [6.07, 6.45) is 1.14. The Morgan fingerprint density at radius 2 is 1.68 bits per heavy atom. The molecule has 1 aliphatic heterocycles. The number of halogens is 2. The summed E-state index contributed by atoms with van der Waals surface area (Å²) in [5.41, 5.74) is 2.68. The van der Waals surface area contributed by atoms with Crippen molar-refractivity contribution in [3.63, 3.8) is 0 Å². The van der Waals surface area contributed by atoms with Crippen LogP contribution in [0.1, 0.15) is 51.1 Å². The van der Waals surface area contributed by atoms with Crippen molar-refractivity contribution < 1.29 is 23.9 Å². The van der Waals surface area contributed by atoms with Crippen molar-refractivity contribution >= 4 is 45.3 Å². The number of aryl methyl sites for hydroxylation is 2. The van der Waals surface area contributed by atoms with E-state index in [1.54, 1.807) is 18.2 Å². The Labute approximate surface area is 194 Å². The molecular weight excluding hydrogens is 486 g/mol. The Hall–Kier alpha value is -2.38. The lowest BCUT2D eigenvalue weighted by Gasteiger charge is -2.13. The van der Waals surface area contributed by atoms with Gasteiger partial charge in [0.15, 0.2) is 0 Å². The molecule has 0 spiro atoms. The molecule has 6 nitrogen and oxygen atoms in total. The van der Waals surface area contributed by atoms with Crippen LogP contribution < -0.4 is 4.74 Å². The first-order valence-corrected chi connectivity index (χ1v) is 11.2. The largest absolute Gasteiger partial charge is 0.494 e. The molecule has 31 heavy (non-hydrogen) atoms. The number of amides is 2. The Balaban J connectivity index is 1.34. The van der Waals surface area contributed by atoms with Gasteiger partial charge in [0.2, 0.25) is 0 Å². The number of rotatable bonds is 9. The molecular formula is C23H23BrClNO5. The van der Waals surface area contributed by atoms with Crippen LogP contribution in [0, 0.1) is 13.8 Å². The number of hydrogen-bond acceptors (Lipinski definition) is 5. The van der Waals surface area contributed by atoms with Gasteiger partial charge in [0.25, 0.3) is 11.8 Å². The minimum absolute atomic E-state index is 0.145. The average molecular weight is 509 g/mol. The number of imide groups is 1. The normalized spacial score (nSPS) is 12.8. The van der Waals surface area contributed by atoms with E-state index < -0.39 is 0 Å². The van der Waals surface area contributed by atoms with Gasteiger partial charge in [-0.05, 0) is 68.1 Å². The summed E-state index contributed by atoms with van der Waals surface area (Å²) in [5, 5.41) is 0.727. The molecule has 0 aliphatic carbocycles. The Bertz CT molecular complexity index is 1000. The highest BCUT2D eigenvalue weighted by Gasteiger charge is 2.35. The number of hydrogen-bond donors (Lipinski definition) is 0. The maximum absolute atomic E-state index is 12.4. The molecule has 0 saturated heterocycles. The van der Waals surface area contributed by atoms with Crippen LogP contribution in [-0.4, -0.2) is 42.4 Å². The fourth-order valence-corrected chi connectivity index (χ4v) is 3.81. The summed E-state index contributed by atoms with van der Waals surface area (Å²) < 4.78 is 11.6. The van der Waals surface area contributed by atoms with Crippen molar-refractivity contribution in [2.75, 3.05) is 19.8 Å². The smallest absolute Gasteiger partial charge is 0.305 e. The highest BCUT2D eigenvalue weighted by atomic mass is 79.9. The lowest BCUT2D eigenvalue weighted by Crippen LogP contribution is -2.31. The number of benzene rings is 2. The fraction of sp³-hybridized carbons (Fsp3) is 0.348. The lowest BCUT2D eigenvalue weighted by molar-refractivity contribution is -0.144. The molecule has 3 rings (SSSR count). The highest BCUT2D eigenvalue weighted by molar-refractivity contribution is 9.10. The molecule has 0 radical (unpaired) electrons. The summed E-state index contributed by atoms with van der Waals surface area (Å²) in [4.78, 5) is 37.8. The summed E-state index contributed by atoms with van der Waals surface area (Å²) in [6.45, 7) is 4.57. The Kier molecular flexibility index (Phi) is 7.73. The van der Waals surface area contributed by atoms with Crippen LogP contribution in [0.2, 0.25) is 5.02 Å². The van der Waals surface area contributed by atoms with Crippen molar-refractivity contribution in [1.82, 2.24) is 4.90 Å². The summed E-state index contributed by atoms with van der Waals surface area (Å²) in [5.74, 6) is -0.250. The van der Waals surface area contributed by atoms with Crippen molar-refractivity contribution in [3.8, 4) is 5.75 Å². The molecule has 1 heterocycles. The van der Waals surface area contributed by atoms with E-state index in [1.807, 2.05) is 26.0 Å². The monoisotopic (exact) mass is 507 g/mol. The second kappa shape index (κ2) is 10.3. The molecule has 0 fully saturated rings. The molecule has 0 unspecified atom stereocenters.